The first-order chi connectivity index (χ1) is 15.2. The molecular weight excluding hydrogens is 390 g/mol. The van der Waals surface area contributed by atoms with Crippen molar-refractivity contribution in [2.24, 2.45) is 0 Å². The molecule has 1 unspecified atom stereocenters. The minimum absolute atomic E-state index is 0.694. The summed E-state index contributed by atoms with van der Waals surface area (Å²) in [4.78, 5) is 8.92. The van der Waals surface area contributed by atoms with Gasteiger partial charge < -0.3 is 19.5 Å². The zero-order valence-electron chi connectivity index (χ0n) is 18.1. The Balaban J connectivity index is 1.47. The topological polar surface area (TPSA) is 58.1 Å². The minimum atomic E-state index is -0.694. The molecule has 0 spiro atoms. The molecule has 2 heterocycles. The van der Waals surface area contributed by atoms with Crippen LogP contribution in [-0.2, 0) is 6.54 Å². The third-order valence-corrected chi connectivity index (χ3v) is 5.86. The Morgan fingerprint density at radius 1 is 0.903 bits per heavy atom. The normalized spacial score (nSPS) is 15.5. The van der Waals surface area contributed by atoms with Crippen LogP contribution in [0, 0.1) is 0 Å². The molecule has 1 N–H and O–H groups in total. The van der Waals surface area contributed by atoms with Gasteiger partial charge in [0.15, 0.2) is 0 Å². The van der Waals surface area contributed by atoms with E-state index in [1.165, 1.54) is 0 Å². The van der Waals surface area contributed by atoms with Gasteiger partial charge >= 0.3 is 0 Å². The minimum Gasteiger partial charge on any atom is -0.496 e. The number of para-hydroxylation sites is 1. The van der Waals surface area contributed by atoms with Crippen molar-refractivity contribution in [2.75, 3.05) is 45.3 Å². The van der Waals surface area contributed by atoms with Gasteiger partial charge in [0.25, 0.3) is 0 Å². The molecule has 2 aromatic carbocycles. The predicted molar refractivity (Wildman–Crippen MR) is 122 cm³/mol. The fraction of sp³-hybridized carbons (Fsp3) is 0.320. The summed E-state index contributed by atoms with van der Waals surface area (Å²) in [5.41, 5.74) is 3.87. The molecule has 1 atom stereocenters. The second-order valence-electron chi connectivity index (χ2n) is 7.65. The van der Waals surface area contributed by atoms with Crippen molar-refractivity contribution in [2.45, 2.75) is 12.6 Å². The van der Waals surface area contributed by atoms with Crippen LogP contribution in [0.5, 0.6) is 11.5 Å². The van der Waals surface area contributed by atoms with E-state index in [1.54, 1.807) is 26.6 Å². The average Bonchev–Trinajstić information content (AvgIpc) is 2.84. The molecule has 1 aromatic heterocycles. The number of rotatable bonds is 7. The number of hydrogen-bond acceptors (Lipinski definition) is 6. The Morgan fingerprint density at radius 3 is 2.26 bits per heavy atom. The summed E-state index contributed by atoms with van der Waals surface area (Å²) in [7, 11) is 3.39. The molecule has 0 amide bonds. The molecule has 0 radical (unpaired) electrons. The first kappa shape index (κ1) is 21.2. The molecule has 1 aliphatic heterocycles. The smallest absolute Gasteiger partial charge is 0.127 e. The van der Waals surface area contributed by atoms with Crippen LogP contribution in [-0.4, -0.2) is 55.4 Å². The van der Waals surface area contributed by atoms with E-state index < -0.39 is 6.10 Å². The monoisotopic (exact) mass is 419 g/mol. The number of benzene rings is 2. The van der Waals surface area contributed by atoms with Gasteiger partial charge in [-0.25, -0.2) is 0 Å². The highest BCUT2D eigenvalue weighted by Gasteiger charge is 2.23. The number of piperazine rings is 1. The Bertz CT molecular complexity index is 966. The highest BCUT2D eigenvalue weighted by atomic mass is 16.5. The molecule has 0 aliphatic carbocycles. The van der Waals surface area contributed by atoms with Crippen LogP contribution in [0.15, 0.2) is 67.0 Å². The van der Waals surface area contributed by atoms with Gasteiger partial charge in [0.1, 0.15) is 17.6 Å². The summed E-state index contributed by atoms with van der Waals surface area (Å²) in [6.07, 6.45) is 2.75. The van der Waals surface area contributed by atoms with Crippen molar-refractivity contribution in [3.63, 3.8) is 0 Å². The van der Waals surface area contributed by atoms with E-state index in [4.69, 9.17) is 9.47 Å². The van der Waals surface area contributed by atoms with E-state index >= 15 is 0 Å². The molecule has 3 aromatic rings. The summed E-state index contributed by atoms with van der Waals surface area (Å²) < 4.78 is 11.1. The fourth-order valence-corrected chi connectivity index (χ4v) is 4.18. The van der Waals surface area contributed by atoms with Gasteiger partial charge in [-0.05, 0) is 24.3 Å². The number of anilines is 1. The number of hydrogen-bond donors (Lipinski definition) is 1. The van der Waals surface area contributed by atoms with Crippen LogP contribution >= 0.6 is 0 Å². The number of pyridine rings is 1. The number of ether oxygens (including phenoxy) is 2. The van der Waals surface area contributed by atoms with Crippen LogP contribution in [0.3, 0.4) is 0 Å². The zero-order chi connectivity index (χ0) is 21.6. The van der Waals surface area contributed by atoms with Crippen LogP contribution in [0.4, 0.5) is 5.69 Å². The van der Waals surface area contributed by atoms with Crippen molar-refractivity contribution in [1.29, 1.82) is 0 Å². The van der Waals surface area contributed by atoms with Gasteiger partial charge in [-0.15, -0.1) is 0 Å². The van der Waals surface area contributed by atoms with Crippen molar-refractivity contribution in [3.8, 4) is 11.5 Å². The summed E-state index contributed by atoms with van der Waals surface area (Å²) in [5, 5.41) is 11.0. The van der Waals surface area contributed by atoms with Crippen molar-refractivity contribution < 1.29 is 14.6 Å². The standard InChI is InChI=1S/C25H29N3O3/c1-30-23-10-5-11-24(31-2)21(23)18-27-13-15-28(16-14-27)22-9-4-3-8-20(22)25(29)19-7-6-12-26-17-19/h3-12,17,25,29H,13-16,18H2,1-2H3. The van der Waals surface area contributed by atoms with E-state index in [0.717, 1.165) is 66.6 Å². The predicted octanol–water partition coefficient (Wildman–Crippen LogP) is 3.50. The number of aromatic nitrogens is 1. The molecular formula is C25H29N3O3. The molecule has 1 aliphatic rings. The third kappa shape index (κ3) is 4.65. The zero-order valence-corrected chi connectivity index (χ0v) is 18.1. The van der Waals surface area contributed by atoms with Crippen molar-refractivity contribution in [3.05, 3.63) is 83.7 Å². The maximum absolute atomic E-state index is 11.0. The molecule has 31 heavy (non-hydrogen) atoms. The Kier molecular flexibility index (Phi) is 6.70. The van der Waals surface area contributed by atoms with Gasteiger partial charge in [-0.1, -0.05) is 30.3 Å². The molecule has 162 valence electrons. The summed E-state index contributed by atoms with van der Waals surface area (Å²) in [5.74, 6) is 1.71. The van der Waals surface area contributed by atoms with E-state index in [9.17, 15) is 5.11 Å². The number of nitrogens with zero attached hydrogens (tertiary/aromatic N) is 3. The molecule has 4 rings (SSSR count). The van der Waals surface area contributed by atoms with Gasteiger partial charge in [-0.2, -0.15) is 0 Å². The maximum atomic E-state index is 11.0. The van der Waals surface area contributed by atoms with Gasteiger partial charge in [0, 0.05) is 61.9 Å². The fourth-order valence-electron chi connectivity index (χ4n) is 4.18. The van der Waals surface area contributed by atoms with Crippen LogP contribution in [0.1, 0.15) is 22.8 Å². The van der Waals surface area contributed by atoms with E-state index in [1.807, 2.05) is 48.5 Å². The number of methoxy groups -OCH3 is 2. The van der Waals surface area contributed by atoms with Crippen LogP contribution in [0.2, 0.25) is 0 Å². The molecule has 1 saturated heterocycles. The van der Waals surface area contributed by atoms with Crippen molar-refractivity contribution >= 4 is 5.69 Å². The molecule has 6 heteroatoms. The van der Waals surface area contributed by atoms with Crippen LogP contribution < -0.4 is 14.4 Å². The van der Waals surface area contributed by atoms with Crippen molar-refractivity contribution in [1.82, 2.24) is 9.88 Å². The van der Waals surface area contributed by atoms with Gasteiger partial charge in [0.2, 0.25) is 0 Å². The lowest BCUT2D eigenvalue weighted by Crippen LogP contribution is -2.46. The molecule has 0 saturated carbocycles. The number of aliphatic hydroxyl groups excluding tert-OH is 1. The van der Waals surface area contributed by atoms with Gasteiger partial charge in [-0.3, -0.25) is 9.88 Å². The quantitative estimate of drug-likeness (QED) is 0.633. The Labute approximate surface area is 183 Å². The number of aliphatic hydroxyl groups is 1. The average molecular weight is 420 g/mol. The lowest BCUT2D eigenvalue weighted by atomic mass is 10.00. The Morgan fingerprint density at radius 2 is 1.61 bits per heavy atom. The van der Waals surface area contributed by atoms with E-state index in [0.29, 0.717) is 0 Å². The third-order valence-electron chi connectivity index (χ3n) is 5.86. The summed E-state index contributed by atoms with van der Waals surface area (Å²) in [6, 6.07) is 17.8. The molecule has 0 bridgehead atoms. The molecule has 6 nitrogen and oxygen atoms in total. The highest BCUT2D eigenvalue weighted by Crippen LogP contribution is 2.33. The largest absolute Gasteiger partial charge is 0.496 e. The Hall–Kier alpha value is -3.09. The highest BCUT2D eigenvalue weighted by molar-refractivity contribution is 5.56. The summed E-state index contributed by atoms with van der Waals surface area (Å²) >= 11 is 0. The molecule has 1 fully saturated rings. The summed E-state index contributed by atoms with van der Waals surface area (Å²) in [6.45, 7) is 4.38. The first-order valence-electron chi connectivity index (χ1n) is 10.6. The lowest BCUT2D eigenvalue weighted by Gasteiger charge is -2.37. The van der Waals surface area contributed by atoms with E-state index in [-0.39, 0.29) is 0 Å². The first-order valence-corrected chi connectivity index (χ1v) is 10.6. The lowest BCUT2D eigenvalue weighted by molar-refractivity contribution is 0.218. The second kappa shape index (κ2) is 9.81. The van der Waals surface area contributed by atoms with Crippen LogP contribution in [0.25, 0.3) is 0 Å². The van der Waals surface area contributed by atoms with Gasteiger partial charge in [0.05, 0.1) is 19.8 Å². The second-order valence-corrected chi connectivity index (χ2v) is 7.65. The maximum Gasteiger partial charge on any atom is 0.127 e. The van der Waals surface area contributed by atoms with E-state index in [2.05, 4.69) is 20.9 Å². The SMILES string of the molecule is COc1cccc(OC)c1CN1CCN(c2ccccc2C(O)c2cccnc2)CC1.